The third kappa shape index (κ3) is 3.48. The van der Waals surface area contributed by atoms with Crippen LogP contribution >= 0.6 is 0 Å². The van der Waals surface area contributed by atoms with Crippen molar-refractivity contribution >= 4 is 33.8 Å². The van der Waals surface area contributed by atoms with Crippen molar-refractivity contribution in [1.82, 2.24) is 9.97 Å². The molecule has 2 aromatic heterocycles. The summed E-state index contributed by atoms with van der Waals surface area (Å²) in [4.78, 5) is 23.1. The van der Waals surface area contributed by atoms with E-state index in [1.54, 1.807) is 25.3 Å². The molecular weight excluding hydrogens is 401 g/mol. The summed E-state index contributed by atoms with van der Waals surface area (Å²) in [6.07, 6.45) is 1.93. The Labute approximate surface area is 177 Å². The van der Waals surface area contributed by atoms with E-state index >= 15 is 0 Å². The molecule has 0 saturated carbocycles. The van der Waals surface area contributed by atoms with Gasteiger partial charge in [-0.1, -0.05) is 0 Å². The second-order valence-electron chi connectivity index (χ2n) is 7.64. The summed E-state index contributed by atoms with van der Waals surface area (Å²) >= 11 is 0. The predicted molar refractivity (Wildman–Crippen MR) is 114 cm³/mol. The third-order valence-corrected chi connectivity index (χ3v) is 5.61. The zero-order valence-corrected chi connectivity index (χ0v) is 16.8. The van der Waals surface area contributed by atoms with E-state index < -0.39 is 5.97 Å². The van der Waals surface area contributed by atoms with Crippen molar-refractivity contribution in [2.45, 2.75) is 18.9 Å². The van der Waals surface area contributed by atoms with Crippen molar-refractivity contribution in [2.24, 2.45) is 0 Å². The van der Waals surface area contributed by atoms with Gasteiger partial charge in [0, 0.05) is 19.0 Å². The van der Waals surface area contributed by atoms with Crippen molar-refractivity contribution in [3.8, 4) is 11.5 Å². The number of hydrogen-bond acceptors (Lipinski definition) is 6. The Hall–Kier alpha value is -3.52. The smallest absolute Gasteiger partial charge is 0.335 e. The van der Waals surface area contributed by atoms with Gasteiger partial charge in [-0.05, 0) is 55.3 Å². The highest BCUT2D eigenvalue weighted by Crippen LogP contribution is 2.36. The molecule has 0 aliphatic carbocycles. The predicted octanol–water partition coefficient (Wildman–Crippen LogP) is 4.50. The minimum absolute atomic E-state index is 0.125. The average molecular weight is 421 g/mol. The molecule has 5 rings (SSSR count). The third-order valence-electron chi connectivity index (χ3n) is 5.61. The molecule has 0 amide bonds. The van der Waals surface area contributed by atoms with Gasteiger partial charge in [-0.3, -0.25) is 0 Å². The summed E-state index contributed by atoms with van der Waals surface area (Å²) in [5, 5.41) is 9.99. The van der Waals surface area contributed by atoms with Crippen molar-refractivity contribution in [3.05, 3.63) is 53.8 Å². The number of methoxy groups -OCH3 is 1. The van der Waals surface area contributed by atoms with Crippen LogP contribution in [0.3, 0.4) is 0 Å². The number of furan rings is 1. The fraction of sp³-hybridized carbons (Fsp3) is 0.261. The number of rotatable bonds is 5. The Morgan fingerprint density at radius 3 is 2.90 bits per heavy atom. The molecule has 31 heavy (non-hydrogen) atoms. The van der Waals surface area contributed by atoms with Gasteiger partial charge >= 0.3 is 5.97 Å². The molecule has 158 valence electrons. The molecule has 1 unspecified atom stereocenters. The van der Waals surface area contributed by atoms with Gasteiger partial charge in [0.15, 0.2) is 11.6 Å². The number of aromatic carboxylic acids is 1. The summed E-state index contributed by atoms with van der Waals surface area (Å²) < 4.78 is 25.1. The van der Waals surface area contributed by atoms with Crippen LogP contribution in [0.25, 0.3) is 33.5 Å². The molecule has 1 aliphatic heterocycles. The molecule has 1 saturated heterocycles. The first kappa shape index (κ1) is 19.4. The molecule has 1 aliphatic rings. The maximum absolute atomic E-state index is 13.7. The Morgan fingerprint density at radius 1 is 1.23 bits per heavy atom. The van der Waals surface area contributed by atoms with E-state index in [0.717, 1.165) is 19.4 Å². The normalized spacial score (nSPS) is 16.5. The minimum atomic E-state index is -1.02. The molecule has 0 radical (unpaired) electrons. The molecule has 1 fully saturated rings. The van der Waals surface area contributed by atoms with E-state index in [1.165, 1.54) is 24.3 Å². The second-order valence-corrected chi connectivity index (χ2v) is 7.64. The van der Waals surface area contributed by atoms with Gasteiger partial charge in [0.25, 0.3) is 0 Å². The van der Waals surface area contributed by atoms with Gasteiger partial charge in [0.05, 0.1) is 29.2 Å². The zero-order valence-electron chi connectivity index (χ0n) is 16.8. The first-order valence-corrected chi connectivity index (χ1v) is 10.0. The number of benzene rings is 2. The molecule has 1 atom stereocenters. The van der Waals surface area contributed by atoms with Gasteiger partial charge < -0.3 is 19.2 Å². The molecule has 3 heterocycles. The number of halogens is 1. The van der Waals surface area contributed by atoms with Crippen LogP contribution in [0.5, 0.6) is 0 Å². The Balaban J connectivity index is 1.72. The number of carboxylic acids is 1. The van der Waals surface area contributed by atoms with Crippen LogP contribution in [0.2, 0.25) is 0 Å². The van der Waals surface area contributed by atoms with Crippen LogP contribution in [0.4, 0.5) is 10.2 Å². The van der Waals surface area contributed by atoms with E-state index in [9.17, 15) is 14.3 Å². The number of hydrogen-bond donors (Lipinski definition) is 1. The summed E-state index contributed by atoms with van der Waals surface area (Å²) in [6, 6.07) is 10.9. The lowest BCUT2D eigenvalue weighted by molar-refractivity contribution is 0.0697. The van der Waals surface area contributed by atoms with Gasteiger partial charge in [-0.25, -0.2) is 19.2 Å². The van der Waals surface area contributed by atoms with Crippen molar-refractivity contribution in [3.63, 3.8) is 0 Å². The van der Waals surface area contributed by atoms with Gasteiger partial charge in [-0.15, -0.1) is 0 Å². The van der Waals surface area contributed by atoms with Crippen LogP contribution in [0, 0.1) is 5.82 Å². The molecule has 0 spiro atoms. The summed E-state index contributed by atoms with van der Waals surface area (Å²) in [5.41, 5.74) is 2.28. The monoisotopic (exact) mass is 421 g/mol. The summed E-state index contributed by atoms with van der Waals surface area (Å²) in [6.45, 7) is 1.31. The average Bonchev–Trinajstić information content (AvgIpc) is 3.39. The number of anilines is 1. The van der Waals surface area contributed by atoms with Gasteiger partial charge in [0.1, 0.15) is 17.1 Å². The van der Waals surface area contributed by atoms with Crippen LogP contribution in [-0.4, -0.2) is 47.3 Å². The van der Waals surface area contributed by atoms with Crippen LogP contribution < -0.4 is 4.90 Å². The SMILES string of the molecule is COCC1CCCN1c1nc2cc(C(=O)O)ccc2nc1-c1cc2cc(F)ccc2o1. The molecule has 8 heteroatoms. The Morgan fingerprint density at radius 2 is 2.10 bits per heavy atom. The molecule has 7 nitrogen and oxygen atoms in total. The van der Waals surface area contributed by atoms with Crippen molar-refractivity contribution in [1.29, 1.82) is 0 Å². The fourth-order valence-electron chi connectivity index (χ4n) is 4.15. The number of carbonyl (C=O) groups is 1. The molecule has 0 bridgehead atoms. The highest BCUT2D eigenvalue weighted by atomic mass is 19.1. The topological polar surface area (TPSA) is 88.7 Å². The van der Waals surface area contributed by atoms with Crippen LogP contribution in [-0.2, 0) is 4.74 Å². The van der Waals surface area contributed by atoms with E-state index in [-0.39, 0.29) is 17.4 Å². The first-order valence-electron chi connectivity index (χ1n) is 10.0. The molecule has 2 aromatic carbocycles. The quantitative estimate of drug-likeness (QED) is 0.508. The number of nitrogens with zero attached hydrogens (tertiary/aromatic N) is 3. The Bertz CT molecular complexity index is 1300. The van der Waals surface area contributed by atoms with Crippen LogP contribution in [0.1, 0.15) is 23.2 Å². The van der Waals surface area contributed by atoms with E-state index in [1.807, 2.05) is 0 Å². The number of fused-ring (bicyclic) bond motifs is 2. The van der Waals surface area contributed by atoms with Gasteiger partial charge in [-0.2, -0.15) is 0 Å². The molecule has 4 aromatic rings. The van der Waals surface area contributed by atoms with Crippen molar-refractivity contribution < 1.29 is 23.4 Å². The first-order chi connectivity index (χ1) is 15.0. The molecular formula is C23H20FN3O4. The van der Waals surface area contributed by atoms with E-state index in [0.29, 0.717) is 45.9 Å². The van der Waals surface area contributed by atoms with Gasteiger partial charge in [0.2, 0.25) is 0 Å². The van der Waals surface area contributed by atoms with Crippen molar-refractivity contribution in [2.75, 3.05) is 25.2 Å². The number of ether oxygens (including phenoxy) is 1. The largest absolute Gasteiger partial charge is 0.478 e. The maximum Gasteiger partial charge on any atom is 0.335 e. The number of carboxylic acid groups (broad SMARTS) is 1. The lowest BCUT2D eigenvalue weighted by Crippen LogP contribution is -2.34. The molecule has 1 N–H and O–H groups in total. The Kier molecular flexibility index (Phi) is 4.78. The fourth-order valence-corrected chi connectivity index (χ4v) is 4.15. The highest BCUT2D eigenvalue weighted by Gasteiger charge is 2.30. The maximum atomic E-state index is 13.7. The lowest BCUT2D eigenvalue weighted by Gasteiger charge is -2.26. The standard InChI is InChI=1S/C23H20FN3O4/c1-30-12-16-3-2-8-27(16)22-21(20-11-14-9-15(24)5-7-19(14)31-20)25-17-6-4-13(23(28)29)10-18(17)26-22/h4-7,9-11,16H,2-3,8,12H2,1H3,(H,28,29). The minimum Gasteiger partial charge on any atom is -0.478 e. The zero-order chi connectivity index (χ0) is 21.5. The van der Waals surface area contributed by atoms with Crippen LogP contribution in [0.15, 0.2) is 46.9 Å². The second kappa shape index (κ2) is 7.63. The number of aromatic nitrogens is 2. The lowest BCUT2D eigenvalue weighted by atomic mass is 10.1. The van der Waals surface area contributed by atoms with E-state index in [2.05, 4.69) is 4.90 Å². The van der Waals surface area contributed by atoms with E-state index in [4.69, 9.17) is 19.1 Å². The summed E-state index contributed by atoms with van der Waals surface area (Å²) in [5.74, 6) is -0.276. The highest BCUT2D eigenvalue weighted by molar-refractivity contribution is 5.94. The summed E-state index contributed by atoms with van der Waals surface area (Å²) in [7, 11) is 1.66.